The third-order valence-electron chi connectivity index (χ3n) is 2.74. The molecule has 0 aliphatic carbocycles. The van der Waals surface area contributed by atoms with Crippen molar-refractivity contribution in [1.82, 2.24) is 5.32 Å². The van der Waals surface area contributed by atoms with Crippen molar-refractivity contribution in [2.24, 2.45) is 17.6 Å². The molecule has 1 unspecified atom stereocenters. The summed E-state index contributed by atoms with van der Waals surface area (Å²) >= 11 is 0. The summed E-state index contributed by atoms with van der Waals surface area (Å²) in [7, 11) is 0. The molecule has 0 aromatic heterocycles. The molecule has 0 spiro atoms. The molecule has 0 heterocycles. The van der Waals surface area contributed by atoms with E-state index in [1.165, 1.54) is 0 Å². The minimum atomic E-state index is -0.0226. The average molecular weight is 214 g/mol. The molecule has 1 atom stereocenters. The van der Waals surface area contributed by atoms with Gasteiger partial charge >= 0.3 is 0 Å². The van der Waals surface area contributed by atoms with Gasteiger partial charge in [-0.2, -0.15) is 0 Å². The van der Waals surface area contributed by atoms with Crippen molar-refractivity contribution in [3.05, 3.63) is 0 Å². The van der Waals surface area contributed by atoms with Gasteiger partial charge in [0, 0.05) is 12.6 Å². The van der Waals surface area contributed by atoms with Crippen LogP contribution in [0.25, 0.3) is 0 Å². The van der Waals surface area contributed by atoms with Crippen LogP contribution in [0.3, 0.4) is 0 Å². The molecule has 0 bridgehead atoms. The molecule has 15 heavy (non-hydrogen) atoms. The molecule has 0 aromatic rings. The van der Waals surface area contributed by atoms with Crippen LogP contribution in [0.5, 0.6) is 0 Å². The highest BCUT2D eigenvalue weighted by Crippen LogP contribution is 2.11. The summed E-state index contributed by atoms with van der Waals surface area (Å²) in [6.07, 6.45) is 2.85. The lowest BCUT2D eigenvalue weighted by atomic mass is 9.96. The highest BCUT2D eigenvalue weighted by atomic mass is 16.1. The zero-order chi connectivity index (χ0) is 11.8. The van der Waals surface area contributed by atoms with E-state index in [4.69, 9.17) is 5.73 Å². The maximum atomic E-state index is 11.8. The molecule has 0 aliphatic heterocycles. The van der Waals surface area contributed by atoms with Crippen LogP contribution in [0.1, 0.15) is 47.0 Å². The van der Waals surface area contributed by atoms with Gasteiger partial charge in [-0.3, -0.25) is 4.79 Å². The van der Waals surface area contributed by atoms with E-state index in [0.717, 1.165) is 19.3 Å². The molecule has 1 amide bonds. The van der Waals surface area contributed by atoms with Crippen molar-refractivity contribution in [1.29, 1.82) is 0 Å². The largest absolute Gasteiger partial charge is 0.353 e. The molecule has 3 nitrogen and oxygen atoms in total. The molecule has 0 saturated carbocycles. The van der Waals surface area contributed by atoms with E-state index in [-0.39, 0.29) is 11.8 Å². The summed E-state index contributed by atoms with van der Waals surface area (Å²) in [5.41, 5.74) is 5.62. The smallest absolute Gasteiger partial charge is 0.224 e. The topological polar surface area (TPSA) is 55.1 Å². The fourth-order valence-corrected chi connectivity index (χ4v) is 1.69. The van der Waals surface area contributed by atoms with E-state index in [9.17, 15) is 4.79 Å². The predicted octanol–water partition coefficient (Wildman–Crippen LogP) is 1.91. The third kappa shape index (κ3) is 5.78. The van der Waals surface area contributed by atoms with Crippen LogP contribution in [-0.4, -0.2) is 18.5 Å². The van der Waals surface area contributed by atoms with Crippen LogP contribution in [0.2, 0.25) is 0 Å². The quantitative estimate of drug-likeness (QED) is 0.680. The number of nitrogens with one attached hydrogen (secondary N) is 1. The van der Waals surface area contributed by atoms with Gasteiger partial charge < -0.3 is 11.1 Å². The van der Waals surface area contributed by atoms with Gasteiger partial charge in [-0.1, -0.05) is 27.7 Å². The molecule has 0 rings (SSSR count). The SMILES string of the molecule is CCC(CC)NC(=O)C(CN)CC(C)C. The molecule has 3 N–H and O–H groups in total. The molecule has 0 radical (unpaired) electrons. The van der Waals surface area contributed by atoms with Crippen LogP contribution in [0.15, 0.2) is 0 Å². The lowest BCUT2D eigenvalue weighted by Gasteiger charge is -2.21. The minimum absolute atomic E-state index is 0.0226. The van der Waals surface area contributed by atoms with Gasteiger partial charge in [-0.25, -0.2) is 0 Å². The molecule has 3 heteroatoms. The lowest BCUT2D eigenvalue weighted by molar-refractivity contribution is -0.126. The van der Waals surface area contributed by atoms with Crippen molar-refractivity contribution in [2.45, 2.75) is 53.0 Å². The predicted molar refractivity (Wildman–Crippen MR) is 64.5 cm³/mol. The Morgan fingerprint density at radius 2 is 1.80 bits per heavy atom. The summed E-state index contributed by atoms with van der Waals surface area (Å²) in [5.74, 6) is 0.622. The summed E-state index contributed by atoms with van der Waals surface area (Å²) < 4.78 is 0. The normalized spacial score (nSPS) is 13.3. The Labute approximate surface area is 93.8 Å². The molecule has 0 saturated heterocycles. The van der Waals surface area contributed by atoms with Gasteiger partial charge in [0.2, 0.25) is 5.91 Å². The number of hydrogen-bond acceptors (Lipinski definition) is 2. The Bertz CT molecular complexity index is 176. The van der Waals surface area contributed by atoms with Crippen molar-refractivity contribution < 1.29 is 4.79 Å². The standard InChI is InChI=1S/C12H26N2O/c1-5-11(6-2)14-12(15)10(8-13)7-9(3)4/h9-11H,5-8,13H2,1-4H3,(H,14,15). The van der Waals surface area contributed by atoms with E-state index in [1.54, 1.807) is 0 Å². The van der Waals surface area contributed by atoms with E-state index in [0.29, 0.717) is 18.5 Å². The second kappa shape index (κ2) is 7.69. The Morgan fingerprint density at radius 3 is 2.13 bits per heavy atom. The summed E-state index contributed by atoms with van der Waals surface area (Å²) in [6, 6.07) is 0.304. The number of carbonyl (C=O) groups excluding carboxylic acids is 1. The maximum absolute atomic E-state index is 11.8. The van der Waals surface area contributed by atoms with Gasteiger partial charge in [0.1, 0.15) is 0 Å². The molecule has 0 aromatic carbocycles. The fourth-order valence-electron chi connectivity index (χ4n) is 1.69. The minimum Gasteiger partial charge on any atom is -0.353 e. The van der Waals surface area contributed by atoms with Gasteiger partial charge in [0.15, 0.2) is 0 Å². The van der Waals surface area contributed by atoms with Crippen LogP contribution < -0.4 is 11.1 Å². The first-order valence-electron chi connectivity index (χ1n) is 6.05. The second-order valence-corrected chi connectivity index (χ2v) is 4.58. The van der Waals surface area contributed by atoms with Crippen molar-refractivity contribution in [3.8, 4) is 0 Å². The zero-order valence-corrected chi connectivity index (χ0v) is 10.5. The molecular weight excluding hydrogens is 188 g/mol. The number of amides is 1. The second-order valence-electron chi connectivity index (χ2n) is 4.58. The van der Waals surface area contributed by atoms with Gasteiger partial charge in [-0.15, -0.1) is 0 Å². The van der Waals surface area contributed by atoms with Gasteiger partial charge in [0.25, 0.3) is 0 Å². The monoisotopic (exact) mass is 214 g/mol. The van der Waals surface area contributed by atoms with Crippen molar-refractivity contribution in [3.63, 3.8) is 0 Å². The van der Waals surface area contributed by atoms with Gasteiger partial charge in [-0.05, 0) is 25.2 Å². The van der Waals surface area contributed by atoms with Crippen LogP contribution in [0.4, 0.5) is 0 Å². The van der Waals surface area contributed by atoms with E-state index in [1.807, 2.05) is 0 Å². The molecule has 0 fully saturated rings. The van der Waals surface area contributed by atoms with E-state index in [2.05, 4.69) is 33.0 Å². The van der Waals surface area contributed by atoms with Crippen LogP contribution in [0, 0.1) is 11.8 Å². The van der Waals surface area contributed by atoms with Gasteiger partial charge in [0.05, 0.1) is 5.92 Å². The van der Waals surface area contributed by atoms with Crippen molar-refractivity contribution in [2.75, 3.05) is 6.54 Å². The van der Waals surface area contributed by atoms with Crippen LogP contribution >= 0.6 is 0 Å². The van der Waals surface area contributed by atoms with E-state index < -0.39 is 0 Å². The number of hydrogen-bond donors (Lipinski definition) is 2. The summed E-state index contributed by atoms with van der Waals surface area (Å²) in [5, 5.41) is 3.05. The van der Waals surface area contributed by atoms with Crippen molar-refractivity contribution >= 4 is 5.91 Å². The molecule has 90 valence electrons. The first-order chi connectivity index (χ1) is 7.04. The summed E-state index contributed by atoms with van der Waals surface area (Å²) in [6.45, 7) is 8.87. The average Bonchev–Trinajstić information content (AvgIpc) is 2.21. The first kappa shape index (κ1) is 14.4. The molecule has 0 aliphatic rings. The zero-order valence-electron chi connectivity index (χ0n) is 10.5. The Kier molecular flexibility index (Phi) is 7.39. The highest BCUT2D eigenvalue weighted by Gasteiger charge is 2.19. The molecular formula is C12H26N2O. The Hall–Kier alpha value is -0.570. The Morgan fingerprint density at radius 1 is 1.27 bits per heavy atom. The fraction of sp³-hybridized carbons (Fsp3) is 0.917. The first-order valence-corrected chi connectivity index (χ1v) is 6.05. The summed E-state index contributed by atoms with van der Waals surface area (Å²) in [4.78, 5) is 11.8. The number of carbonyl (C=O) groups is 1. The lowest BCUT2D eigenvalue weighted by Crippen LogP contribution is -2.41. The van der Waals surface area contributed by atoms with Crippen LogP contribution in [-0.2, 0) is 4.79 Å². The number of rotatable bonds is 7. The number of nitrogens with two attached hydrogens (primary N) is 1. The Balaban J connectivity index is 4.14. The third-order valence-corrected chi connectivity index (χ3v) is 2.74. The maximum Gasteiger partial charge on any atom is 0.224 e. The van der Waals surface area contributed by atoms with E-state index >= 15 is 0 Å². The highest BCUT2D eigenvalue weighted by molar-refractivity contribution is 5.79.